The Balaban J connectivity index is 1.44. The van der Waals surface area contributed by atoms with E-state index in [1.54, 1.807) is 0 Å². The minimum absolute atomic E-state index is 0.109. The van der Waals surface area contributed by atoms with Crippen LogP contribution in [0.15, 0.2) is 127 Å². The van der Waals surface area contributed by atoms with E-state index in [0.717, 1.165) is 22.3 Å². The van der Waals surface area contributed by atoms with Gasteiger partial charge in [0.1, 0.15) is 36.3 Å². The fourth-order valence-electron chi connectivity index (χ4n) is 6.46. The van der Waals surface area contributed by atoms with Gasteiger partial charge in [0.05, 0.1) is 59.9 Å². The molecule has 1 N–H and O–H groups in total. The summed E-state index contributed by atoms with van der Waals surface area (Å²) < 4.78 is 51.0. The maximum Gasteiger partial charge on any atom is 0.203 e. The molecule has 0 spiro atoms. The van der Waals surface area contributed by atoms with Crippen molar-refractivity contribution in [3.63, 3.8) is 0 Å². The van der Waals surface area contributed by atoms with Crippen LogP contribution in [0.25, 0.3) is 0 Å². The second kappa shape index (κ2) is 18.5. The van der Waals surface area contributed by atoms with Crippen LogP contribution >= 0.6 is 0 Å². The molecule has 9 nitrogen and oxygen atoms in total. The zero-order valence-corrected chi connectivity index (χ0v) is 29.8. The molecule has 5 aromatic rings. The van der Waals surface area contributed by atoms with Crippen molar-refractivity contribution < 1.29 is 43.0 Å². The van der Waals surface area contributed by atoms with E-state index in [0.29, 0.717) is 30.3 Å². The Morgan fingerprint density at radius 3 is 1.42 bits per heavy atom. The maximum absolute atomic E-state index is 11.7. The zero-order valence-electron chi connectivity index (χ0n) is 29.8. The smallest absolute Gasteiger partial charge is 0.203 e. The van der Waals surface area contributed by atoms with Crippen molar-refractivity contribution in [3.8, 4) is 23.0 Å². The topological polar surface area (TPSA) is 94.1 Å². The number of benzene rings is 5. The summed E-state index contributed by atoms with van der Waals surface area (Å²) in [5.41, 5.74) is 4.30. The summed E-state index contributed by atoms with van der Waals surface area (Å²) >= 11 is 0. The Morgan fingerprint density at radius 2 is 0.962 bits per heavy atom. The lowest BCUT2D eigenvalue weighted by Gasteiger charge is -2.46. The number of ether oxygens (including phenoxy) is 8. The fraction of sp³-hybridized carbons (Fsp3) is 0.302. The number of phenols is 1. The third kappa shape index (κ3) is 9.11. The molecule has 5 aromatic carbocycles. The molecule has 0 radical (unpaired) electrons. The Morgan fingerprint density at radius 1 is 0.519 bits per heavy atom. The quantitative estimate of drug-likeness (QED) is 0.104. The molecule has 1 fully saturated rings. The fourth-order valence-corrected chi connectivity index (χ4v) is 6.46. The summed E-state index contributed by atoms with van der Waals surface area (Å²) in [5.74, 6) is 0.764. The van der Waals surface area contributed by atoms with Gasteiger partial charge in [0, 0.05) is 6.07 Å². The highest BCUT2D eigenvalue weighted by molar-refractivity contribution is 5.62. The molecule has 1 aliphatic rings. The van der Waals surface area contributed by atoms with E-state index in [-0.39, 0.29) is 31.3 Å². The lowest BCUT2D eigenvalue weighted by Crippen LogP contribution is -2.58. The standard InChI is InChI=1S/C43H46O9/c1-45-35-24-34(44)37(40(47-3)38(35)46-2)41-43(51-28-33-22-14-7-15-23-33)42(50-27-32-20-12-6-13-21-32)39(49-26-31-18-10-5-11-19-31)36(52-41)29-48-25-30-16-8-4-9-17-30/h4-24,36,39,41-44H,25-29H2,1-3H3/t36-,39-,41-,42+,43-/m1/s1. The molecular weight excluding hydrogens is 660 g/mol. The summed E-state index contributed by atoms with van der Waals surface area (Å²) in [6.45, 7) is 1.36. The predicted molar refractivity (Wildman–Crippen MR) is 197 cm³/mol. The van der Waals surface area contributed by atoms with E-state index >= 15 is 0 Å². The van der Waals surface area contributed by atoms with Gasteiger partial charge in [0.25, 0.3) is 0 Å². The maximum atomic E-state index is 11.7. The van der Waals surface area contributed by atoms with Crippen molar-refractivity contribution >= 4 is 0 Å². The Labute approximate surface area is 305 Å². The molecule has 272 valence electrons. The van der Waals surface area contributed by atoms with Crippen molar-refractivity contribution in [3.05, 3.63) is 155 Å². The SMILES string of the molecule is COc1cc(O)c([C@H]2O[C@H](COCc3ccccc3)[C@@H](OCc3ccccc3)[C@H](OCc3ccccc3)[C@@H]2OCc2ccccc2)c(OC)c1OC. The van der Waals surface area contributed by atoms with E-state index in [1.807, 2.05) is 121 Å². The minimum Gasteiger partial charge on any atom is -0.507 e. The summed E-state index contributed by atoms with van der Waals surface area (Å²) in [6.07, 6.45) is -3.72. The lowest BCUT2D eigenvalue weighted by atomic mass is 9.89. The van der Waals surface area contributed by atoms with Crippen LogP contribution in [0.4, 0.5) is 0 Å². The zero-order chi connectivity index (χ0) is 36.1. The second-order valence-corrected chi connectivity index (χ2v) is 12.5. The molecule has 0 aromatic heterocycles. The molecule has 0 saturated carbocycles. The highest BCUT2D eigenvalue weighted by Crippen LogP contribution is 2.51. The molecule has 52 heavy (non-hydrogen) atoms. The highest BCUT2D eigenvalue weighted by atomic mass is 16.6. The van der Waals surface area contributed by atoms with E-state index in [4.69, 9.17) is 37.9 Å². The van der Waals surface area contributed by atoms with E-state index < -0.39 is 30.5 Å². The normalized spacial score (nSPS) is 19.9. The monoisotopic (exact) mass is 706 g/mol. The molecule has 1 aliphatic heterocycles. The van der Waals surface area contributed by atoms with Gasteiger partial charge in [0.2, 0.25) is 5.75 Å². The largest absolute Gasteiger partial charge is 0.507 e. The van der Waals surface area contributed by atoms with Crippen molar-refractivity contribution in [2.24, 2.45) is 0 Å². The first kappa shape index (κ1) is 36.9. The molecular formula is C43H46O9. The number of hydrogen-bond donors (Lipinski definition) is 1. The molecule has 0 unspecified atom stereocenters. The van der Waals surface area contributed by atoms with Gasteiger partial charge in [-0.3, -0.25) is 0 Å². The summed E-state index contributed by atoms with van der Waals surface area (Å²) in [6, 6.07) is 41.2. The summed E-state index contributed by atoms with van der Waals surface area (Å²) in [5, 5.41) is 11.7. The van der Waals surface area contributed by atoms with E-state index in [2.05, 4.69) is 0 Å². The average molecular weight is 707 g/mol. The lowest BCUT2D eigenvalue weighted by molar-refractivity contribution is -0.275. The first-order chi connectivity index (χ1) is 25.6. The van der Waals surface area contributed by atoms with Crippen molar-refractivity contribution in [2.45, 2.75) is 56.9 Å². The van der Waals surface area contributed by atoms with Crippen molar-refractivity contribution in [2.75, 3.05) is 27.9 Å². The molecule has 0 amide bonds. The van der Waals surface area contributed by atoms with Gasteiger partial charge in [-0.15, -0.1) is 0 Å². The number of rotatable bonds is 17. The molecule has 5 atom stereocenters. The third-order valence-corrected chi connectivity index (χ3v) is 9.01. The third-order valence-electron chi connectivity index (χ3n) is 9.01. The molecule has 6 rings (SSSR count). The number of methoxy groups -OCH3 is 3. The Hall–Kier alpha value is -4.90. The molecule has 0 bridgehead atoms. The van der Waals surface area contributed by atoms with Crippen molar-refractivity contribution in [1.29, 1.82) is 0 Å². The van der Waals surface area contributed by atoms with Crippen LogP contribution in [-0.2, 0) is 50.1 Å². The predicted octanol–water partition coefficient (Wildman–Crippen LogP) is 7.83. The van der Waals surface area contributed by atoms with Gasteiger partial charge >= 0.3 is 0 Å². The van der Waals surface area contributed by atoms with Gasteiger partial charge < -0.3 is 43.0 Å². The summed E-state index contributed by atoms with van der Waals surface area (Å²) in [4.78, 5) is 0. The van der Waals surface area contributed by atoms with Gasteiger partial charge in [-0.05, 0) is 22.3 Å². The minimum atomic E-state index is -0.916. The van der Waals surface area contributed by atoms with Gasteiger partial charge in [0.15, 0.2) is 11.5 Å². The van der Waals surface area contributed by atoms with E-state index in [1.165, 1.54) is 27.4 Å². The number of phenolic OH excluding ortho intramolecular Hbond substituents is 1. The Bertz CT molecular complexity index is 1790. The number of hydrogen-bond acceptors (Lipinski definition) is 9. The molecule has 1 saturated heterocycles. The number of aromatic hydroxyl groups is 1. The van der Waals surface area contributed by atoms with Crippen LogP contribution in [0.5, 0.6) is 23.0 Å². The van der Waals surface area contributed by atoms with Gasteiger partial charge in [-0.25, -0.2) is 0 Å². The highest BCUT2D eigenvalue weighted by Gasteiger charge is 2.51. The first-order valence-electron chi connectivity index (χ1n) is 17.3. The van der Waals surface area contributed by atoms with Crippen molar-refractivity contribution in [1.82, 2.24) is 0 Å². The van der Waals surface area contributed by atoms with Crippen LogP contribution in [-0.4, -0.2) is 57.5 Å². The average Bonchev–Trinajstić information content (AvgIpc) is 3.20. The second-order valence-electron chi connectivity index (χ2n) is 12.5. The van der Waals surface area contributed by atoms with E-state index in [9.17, 15) is 5.11 Å². The summed E-state index contributed by atoms with van der Waals surface area (Å²) in [7, 11) is 4.53. The Kier molecular flexibility index (Phi) is 13.2. The van der Waals surface area contributed by atoms with Crippen LogP contribution in [0.2, 0.25) is 0 Å². The van der Waals surface area contributed by atoms with Crippen LogP contribution in [0.1, 0.15) is 33.9 Å². The van der Waals surface area contributed by atoms with Crippen LogP contribution in [0.3, 0.4) is 0 Å². The molecule has 1 heterocycles. The van der Waals surface area contributed by atoms with Crippen LogP contribution in [0, 0.1) is 0 Å². The van der Waals surface area contributed by atoms with Gasteiger partial charge in [-0.1, -0.05) is 121 Å². The molecule has 9 heteroatoms. The molecule has 0 aliphatic carbocycles. The van der Waals surface area contributed by atoms with Gasteiger partial charge in [-0.2, -0.15) is 0 Å². The van der Waals surface area contributed by atoms with Crippen LogP contribution < -0.4 is 14.2 Å². The first-order valence-corrected chi connectivity index (χ1v) is 17.3.